The van der Waals surface area contributed by atoms with E-state index in [0.29, 0.717) is 18.5 Å². The summed E-state index contributed by atoms with van der Waals surface area (Å²) in [5.41, 5.74) is 0.0939. The fraction of sp³-hybridized carbons (Fsp3) is 0.867. The lowest BCUT2D eigenvalue weighted by Gasteiger charge is -2.29. The second-order valence-corrected chi connectivity index (χ2v) is 7.11. The minimum Gasteiger partial charge on any atom is -0.377 e. The average Bonchev–Trinajstić information content (AvgIpc) is 2.94. The van der Waals surface area contributed by atoms with E-state index in [-0.39, 0.29) is 17.4 Å². The fourth-order valence-electron chi connectivity index (χ4n) is 2.59. The van der Waals surface area contributed by atoms with Crippen molar-refractivity contribution in [1.82, 2.24) is 15.0 Å². The number of ether oxygens (including phenoxy) is 1. The largest absolute Gasteiger partial charge is 0.377 e. The number of hydrogen-bond acceptors (Lipinski definition) is 5. The lowest BCUT2D eigenvalue weighted by molar-refractivity contribution is 0.0193. The van der Waals surface area contributed by atoms with Gasteiger partial charge in [-0.1, -0.05) is 25.9 Å². The first kappa shape index (κ1) is 15.4. The van der Waals surface area contributed by atoms with Gasteiger partial charge in [-0.2, -0.15) is 4.98 Å². The van der Waals surface area contributed by atoms with Crippen molar-refractivity contribution in [1.29, 1.82) is 0 Å². The van der Waals surface area contributed by atoms with Crippen molar-refractivity contribution in [2.75, 3.05) is 13.7 Å². The third-order valence-electron chi connectivity index (χ3n) is 4.03. The van der Waals surface area contributed by atoms with E-state index < -0.39 is 0 Å². The van der Waals surface area contributed by atoms with Crippen LogP contribution in [-0.2, 0) is 11.3 Å². The Morgan fingerprint density at radius 1 is 1.35 bits per heavy atom. The van der Waals surface area contributed by atoms with Gasteiger partial charge in [0.05, 0.1) is 18.6 Å². The summed E-state index contributed by atoms with van der Waals surface area (Å²) in [5.74, 6) is 1.74. The highest BCUT2D eigenvalue weighted by Gasteiger charge is 2.40. The number of rotatable bonds is 4. The number of hydrogen-bond donors (Lipinski definition) is 0. The number of aromatic nitrogens is 2. The molecule has 2 rings (SSSR count). The zero-order chi connectivity index (χ0) is 14.9. The molecule has 0 radical (unpaired) electrons. The Morgan fingerprint density at radius 2 is 2.05 bits per heavy atom. The van der Waals surface area contributed by atoms with E-state index in [1.54, 1.807) is 0 Å². The molecular formula is C15H27N3O2. The molecule has 0 N–H and O–H groups in total. The van der Waals surface area contributed by atoms with Crippen LogP contribution in [0, 0.1) is 5.41 Å². The molecule has 1 saturated heterocycles. The summed E-state index contributed by atoms with van der Waals surface area (Å²) in [6.07, 6.45) is 1.14. The quantitative estimate of drug-likeness (QED) is 0.849. The zero-order valence-electron chi connectivity index (χ0n) is 13.5. The topological polar surface area (TPSA) is 51.4 Å². The molecule has 0 aromatic carbocycles. The predicted octanol–water partition coefficient (Wildman–Crippen LogP) is 2.83. The lowest BCUT2D eigenvalue weighted by Crippen LogP contribution is -2.30. The molecule has 0 bridgehead atoms. The maximum Gasteiger partial charge on any atom is 0.240 e. The molecule has 0 spiro atoms. The van der Waals surface area contributed by atoms with Crippen LogP contribution < -0.4 is 0 Å². The van der Waals surface area contributed by atoms with Gasteiger partial charge in [-0.05, 0) is 32.7 Å². The van der Waals surface area contributed by atoms with Gasteiger partial charge in [0.2, 0.25) is 5.89 Å². The summed E-state index contributed by atoms with van der Waals surface area (Å²) in [6.45, 7) is 12.4. The molecule has 114 valence electrons. The first-order chi connectivity index (χ1) is 9.29. The van der Waals surface area contributed by atoms with Gasteiger partial charge in [-0.3, -0.25) is 4.90 Å². The van der Waals surface area contributed by atoms with Crippen molar-refractivity contribution in [3.63, 3.8) is 0 Å². The summed E-state index contributed by atoms with van der Waals surface area (Å²) >= 11 is 0. The van der Waals surface area contributed by atoms with Crippen LogP contribution in [0.25, 0.3) is 0 Å². The molecule has 0 saturated carbocycles. The zero-order valence-corrected chi connectivity index (χ0v) is 13.5. The molecule has 0 amide bonds. The van der Waals surface area contributed by atoms with Crippen LogP contribution in [0.4, 0.5) is 0 Å². The van der Waals surface area contributed by atoms with E-state index in [2.05, 4.69) is 56.7 Å². The highest BCUT2D eigenvalue weighted by atomic mass is 16.5. The summed E-state index contributed by atoms with van der Waals surface area (Å²) in [7, 11) is 2.06. The Bertz CT molecular complexity index is 437. The molecular weight excluding hydrogens is 254 g/mol. The maximum absolute atomic E-state index is 5.88. The van der Waals surface area contributed by atoms with Crippen LogP contribution in [0.5, 0.6) is 0 Å². The van der Waals surface area contributed by atoms with Gasteiger partial charge >= 0.3 is 0 Å². The van der Waals surface area contributed by atoms with E-state index in [1.807, 2.05) is 0 Å². The standard InChI is InChI=1S/C15H27N3O2/c1-10(2)18(6)9-12-16-14(17-20-12)11-7-8-19-13(11)15(3,4)5/h10-11,13H,7-9H2,1-6H3/t11-,13-/m0/s1. The summed E-state index contributed by atoms with van der Waals surface area (Å²) in [5, 5.41) is 4.18. The van der Waals surface area contributed by atoms with E-state index >= 15 is 0 Å². The molecule has 5 heteroatoms. The Labute approximate surface area is 121 Å². The van der Waals surface area contributed by atoms with E-state index in [1.165, 1.54) is 0 Å². The van der Waals surface area contributed by atoms with Crippen LogP contribution in [0.1, 0.15) is 58.7 Å². The van der Waals surface area contributed by atoms with Crippen LogP contribution in [0.15, 0.2) is 4.52 Å². The van der Waals surface area contributed by atoms with E-state index in [0.717, 1.165) is 18.9 Å². The molecule has 1 aromatic heterocycles. The Hall–Kier alpha value is -0.940. The van der Waals surface area contributed by atoms with Crippen molar-refractivity contribution in [3.05, 3.63) is 11.7 Å². The first-order valence-electron chi connectivity index (χ1n) is 7.43. The highest BCUT2D eigenvalue weighted by molar-refractivity contribution is 5.04. The van der Waals surface area contributed by atoms with Crippen LogP contribution in [-0.4, -0.2) is 40.8 Å². The summed E-state index contributed by atoms with van der Waals surface area (Å²) < 4.78 is 11.3. The molecule has 1 fully saturated rings. The van der Waals surface area contributed by atoms with Gasteiger partial charge in [-0.15, -0.1) is 0 Å². The summed E-state index contributed by atoms with van der Waals surface area (Å²) in [6, 6.07) is 0.461. The van der Waals surface area contributed by atoms with Gasteiger partial charge in [0.15, 0.2) is 5.82 Å². The Morgan fingerprint density at radius 3 is 2.65 bits per heavy atom. The van der Waals surface area contributed by atoms with Gasteiger partial charge in [-0.25, -0.2) is 0 Å². The molecule has 20 heavy (non-hydrogen) atoms. The molecule has 1 aliphatic rings. The second-order valence-electron chi connectivity index (χ2n) is 7.11. The van der Waals surface area contributed by atoms with Gasteiger partial charge < -0.3 is 9.26 Å². The Kier molecular flexibility index (Phi) is 4.49. The second kappa shape index (κ2) is 5.82. The van der Waals surface area contributed by atoms with Gasteiger partial charge in [0, 0.05) is 12.6 Å². The molecule has 1 aliphatic heterocycles. The lowest BCUT2D eigenvalue weighted by atomic mass is 9.81. The molecule has 5 nitrogen and oxygen atoms in total. The monoisotopic (exact) mass is 281 g/mol. The smallest absolute Gasteiger partial charge is 0.240 e. The molecule has 1 aromatic rings. The molecule has 2 atom stereocenters. The summed E-state index contributed by atoms with van der Waals surface area (Å²) in [4.78, 5) is 6.76. The predicted molar refractivity (Wildman–Crippen MR) is 77.5 cm³/mol. The third-order valence-corrected chi connectivity index (χ3v) is 4.03. The van der Waals surface area contributed by atoms with Crippen LogP contribution >= 0.6 is 0 Å². The van der Waals surface area contributed by atoms with Crippen molar-refractivity contribution < 1.29 is 9.26 Å². The average molecular weight is 281 g/mol. The van der Waals surface area contributed by atoms with Crippen molar-refractivity contribution in [3.8, 4) is 0 Å². The molecule has 0 unspecified atom stereocenters. The first-order valence-corrected chi connectivity index (χ1v) is 7.43. The number of nitrogens with zero attached hydrogens (tertiary/aromatic N) is 3. The molecule has 0 aliphatic carbocycles. The highest BCUT2D eigenvalue weighted by Crippen LogP contribution is 2.39. The van der Waals surface area contributed by atoms with Crippen molar-refractivity contribution in [2.45, 2.75) is 65.6 Å². The van der Waals surface area contributed by atoms with Gasteiger partial charge in [0.25, 0.3) is 0 Å². The normalized spacial score (nSPS) is 24.0. The Balaban J connectivity index is 2.08. The molecule has 2 heterocycles. The van der Waals surface area contributed by atoms with E-state index in [9.17, 15) is 0 Å². The van der Waals surface area contributed by atoms with Crippen molar-refractivity contribution in [2.24, 2.45) is 5.41 Å². The van der Waals surface area contributed by atoms with Crippen LogP contribution in [0.2, 0.25) is 0 Å². The SMILES string of the molecule is CC(C)N(C)Cc1nc([C@H]2CCO[C@@H]2C(C)(C)C)no1. The minimum atomic E-state index is 0.0939. The third kappa shape index (κ3) is 3.38. The minimum absolute atomic E-state index is 0.0939. The van der Waals surface area contributed by atoms with Gasteiger partial charge in [0.1, 0.15) is 0 Å². The fourth-order valence-corrected chi connectivity index (χ4v) is 2.59. The van der Waals surface area contributed by atoms with Crippen LogP contribution in [0.3, 0.4) is 0 Å². The van der Waals surface area contributed by atoms with E-state index in [4.69, 9.17) is 9.26 Å². The maximum atomic E-state index is 5.88. The van der Waals surface area contributed by atoms with Crippen molar-refractivity contribution >= 4 is 0 Å².